The van der Waals surface area contributed by atoms with Gasteiger partial charge in [-0.3, -0.25) is 9.80 Å². The summed E-state index contributed by atoms with van der Waals surface area (Å²) in [5, 5.41) is 0. The summed E-state index contributed by atoms with van der Waals surface area (Å²) in [5.74, 6) is -0.304. The lowest BCUT2D eigenvalue weighted by atomic mass is 9.94. The molecule has 1 amide bonds. The van der Waals surface area contributed by atoms with Gasteiger partial charge >= 0.3 is 12.1 Å². The van der Waals surface area contributed by atoms with Gasteiger partial charge in [0, 0.05) is 51.4 Å². The SMILES string of the molecule is COC(=O)c1ccc(CN2C[C@@H](C)N(Cc3ccccc3C3=CCN(C(=O)OC(C)(C)C)CC3)[C@@H](C)C2)cc1. The summed E-state index contributed by atoms with van der Waals surface area (Å²) in [6, 6.07) is 17.2. The van der Waals surface area contributed by atoms with Gasteiger partial charge in [0.05, 0.1) is 12.7 Å². The Morgan fingerprint density at radius 2 is 1.62 bits per heavy atom. The second-order valence-corrected chi connectivity index (χ2v) is 11.8. The molecule has 2 aliphatic rings. The summed E-state index contributed by atoms with van der Waals surface area (Å²) in [6.45, 7) is 15.3. The third-order valence-electron chi connectivity index (χ3n) is 7.54. The van der Waals surface area contributed by atoms with E-state index in [1.54, 1.807) is 4.90 Å². The molecule has 0 spiro atoms. The minimum Gasteiger partial charge on any atom is -0.465 e. The minimum absolute atomic E-state index is 0.244. The van der Waals surface area contributed by atoms with E-state index in [0.29, 0.717) is 30.7 Å². The van der Waals surface area contributed by atoms with Crippen molar-refractivity contribution in [3.05, 3.63) is 76.9 Å². The zero-order valence-corrected chi connectivity index (χ0v) is 24.3. The second kappa shape index (κ2) is 12.3. The topological polar surface area (TPSA) is 62.3 Å². The molecule has 0 radical (unpaired) electrons. The molecule has 0 bridgehead atoms. The number of methoxy groups -OCH3 is 1. The highest BCUT2D eigenvalue weighted by atomic mass is 16.6. The van der Waals surface area contributed by atoms with Crippen LogP contribution in [-0.4, -0.2) is 77.7 Å². The molecule has 1 fully saturated rings. The van der Waals surface area contributed by atoms with E-state index in [-0.39, 0.29) is 12.1 Å². The molecule has 4 rings (SSSR count). The van der Waals surface area contributed by atoms with E-state index in [0.717, 1.165) is 32.6 Å². The van der Waals surface area contributed by atoms with Crippen LogP contribution in [0.2, 0.25) is 0 Å². The fourth-order valence-electron chi connectivity index (χ4n) is 5.60. The average Bonchev–Trinajstić information content (AvgIpc) is 2.90. The highest BCUT2D eigenvalue weighted by Gasteiger charge is 2.30. The van der Waals surface area contributed by atoms with Crippen molar-refractivity contribution in [2.45, 2.75) is 71.8 Å². The van der Waals surface area contributed by atoms with Gasteiger partial charge in [-0.1, -0.05) is 42.5 Å². The molecule has 7 heteroatoms. The Morgan fingerprint density at radius 1 is 0.949 bits per heavy atom. The van der Waals surface area contributed by atoms with Crippen LogP contribution in [0.15, 0.2) is 54.6 Å². The summed E-state index contributed by atoms with van der Waals surface area (Å²) in [6.07, 6.45) is 2.76. The zero-order valence-electron chi connectivity index (χ0n) is 24.3. The maximum Gasteiger partial charge on any atom is 0.410 e. The van der Waals surface area contributed by atoms with Gasteiger partial charge in [0.25, 0.3) is 0 Å². The number of carbonyl (C=O) groups excluding carboxylic acids is 2. The van der Waals surface area contributed by atoms with Crippen molar-refractivity contribution >= 4 is 17.6 Å². The molecule has 2 aliphatic heterocycles. The smallest absolute Gasteiger partial charge is 0.410 e. The molecule has 0 aromatic heterocycles. The average molecular weight is 534 g/mol. The Hall–Kier alpha value is -3.16. The molecule has 0 aliphatic carbocycles. The Bertz CT molecular complexity index is 1170. The van der Waals surface area contributed by atoms with Gasteiger partial charge in [-0.15, -0.1) is 0 Å². The number of nitrogens with zero attached hydrogens (tertiary/aromatic N) is 3. The fraction of sp³-hybridized carbons (Fsp3) is 0.500. The number of rotatable bonds is 6. The lowest BCUT2D eigenvalue weighted by Gasteiger charge is -2.45. The monoisotopic (exact) mass is 533 g/mol. The standard InChI is InChI=1S/C32H43N3O4/c1-23-19-33(21-25-11-13-27(14-12-25)30(36)38-6)20-24(2)35(23)22-28-9-7-8-10-29(28)26-15-17-34(18-16-26)31(37)39-32(3,4)5/h7-15,23-24H,16-22H2,1-6H3/t23-,24+. The summed E-state index contributed by atoms with van der Waals surface area (Å²) in [5.41, 5.74) is 5.22. The fourth-order valence-corrected chi connectivity index (χ4v) is 5.60. The number of benzene rings is 2. The van der Waals surface area contributed by atoms with Crippen molar-refractivity contribution in [3.8, 4) is 0 Å². The van der Waals surface area contributed by atoms with Gasteiger partial charge in [-0.05, 0) is 75.4 Å². The summed E-state index contributed by atoms with van der Waals surface area (Å²) in [4.78, 5) is 31.1. The molecule has 0 unspecified atom stereocenters. The van der Waals surface area contributed by atoms with Gasteiger partial charge in [0.2, 0.25) is 0 Å². The maximum absolute atomic E-state index is 12.5. The highest BCUT2D eigenvalue weighted by Crippen LogP contribution is 2.29. The number of esters is 1. The van der Waals surface area contributed by atoms with Crippen molar-refractivity contribution in [1.29, 1.82) is 0 Å². The Labute approximate surface area is 233 Å². The predicted octanol–water partition coefficient (Wildman–Crippen LogP) is 5.59. The number of hydrogen-bond donors (Lipinski definition) is 0. The van der Waals surface area contributed by atoms with E-state index in [2.05, 4.69) is 54.0 Å². The molecular formula is C32H43N3O4. The van der Waals surface area contributed by atoms with Gasteiger partial charge in [-0.25, -0.2) is 9.59 Å². The predicted molar refractivity (Wildman–Crippen MR) is 154 cm³/mol. The number of carbonyl (C=O) groups is 2. The molecular weight excluding hydrogens is 490 g/mol. The lowest BCUT2D eigenvalue weighted by molar-refractivity contribution is 0.0268. The lowest BCUT2D eigenvalue weighted by Crippen LogP contribution is -2.55. The highest BCUT2D eigenvalue weighted by molar-refractivity contribution is 5.89. The molecule has 0 saturated carbocycles. The molecule has 7 nitrogen and oxygen atoms in total. The van der Waals surface area contributed by atoms with Crippen molar-refractivity contribution in [2.75, 3.05) is 33.3 Å². The molecule has 2 aromatic rings. The van der Waals surface area contributed by atoms with Crippen LogP contribution in [0.1, 0.15) is 68.1 Å². The molecule has 2 aromatic carbocycles. The van der Waals surface area contributed by atoms with Gasteiger partial charge < -0.3 is 14.4 Å². The van der Waals surface area contributed by atoms with Crippen molar-refractivity contribution in [1.82, 2.24) is 14.7 Å². The van der Waals surface area contributed by atoms with Crippen LogP contribution in [-0.2, 0) is 22.6 Å². The quantitative estimate of drug-likeness (QED) is 0.451. The largest absolute Gasteiger partial charge is 0.465 e. The first kappa shape index (κ1) is 28.8. The third kappa shape index (κ3) is 7.49. The van der Waals surface area contributed by atoms with Crippen LogP contribution >= 0.6 is 0 Å². The number of hydrogen-bond acceptors (Lipinski definition) is 6. The Balaban J connectivity index is 1.38. The first-order valence-electron chi connectivity index (χ1n) is 13.9. The number of amides is 1. The molecule has 1 saturated heterocycles. The van der Waals surface area contributed by atoms with Crippen LogP contribution in [0.3, 0.4) is 0 Å². The van der Waals surface area contributed by atoms with Gasteiger partial charge in [0.15, 0.2) is 0 Å². The number of ether oxygens (including phenoxy) is 2. The normalized spacial score (nSPS) is 20.9. The summed E-state index contributed by atoms with van der Waals surface area (Å²) in [7, 11) is 1.41. The summed E-state index contributed by atoms with van der Waals surface area (Å²) < 4.78 is 10.4. The molecule has 2 atom stereocenters. The van der Waals surface area contributed by atoms with Crippen LogP contribution in [0, 0.1) is 0 Å². The van der Waals surface area contributed by atoms with Crippen molar-refractivity contribution < 1.29 is 19.1 Å². The first-order chi connectivity index (χ1) is 18.5. The summed E-state index contributed by atoms with van der Waals surface area (Å²) >= 11 is 0. The van der Waals surface area contributed by atoms with Crippen LogP contribution in [0.4, 0.5) is 4.79 Å². The van der Waals surface area contributed by atoms with Crippen molar-refractivity contribution in [3.63, 3.8) is 0 Å². The Kier molecular flexibility index (Phi) is 9.13. The van der Waals surface area contributed by atoms with E-state index in [4.69, 9.17) is 9.47 Å². The molecule has 0 N–H and O–H groups in total. The van der Waals surface area contributed by atoms with Crippen molar-refractivity contribution in [2.24, 2.45) is 0 Å². The minimum atomic E-state index is -0.486. The van der Waals surface area contributed by atoms with Gasteiger partial charge in [-0.2, -0.15) is 0 Å². The number of piperazine rings is 1. The molecule has 39 heavy (non-hydrogen) atoms. The van der Waals surface area contributed by atoms with E-state index < -0.39 is 5.60 Å². The van der Waals surface area contributed by atoms with Gasteiger partial charge in [0.1, 0.15) is 5.60 Å². The molecule has 210 valence electrons. The third-order valence-corrected chi connectivity index (χ3v) is 7.54. The van der Waals surface area contributed by atoms with Crippen LogP contribution < -0.4 is 0 Å². The van der Waals surface area contributed by atoms with Crippen LogP contribution in [0.5, 0.6) is 0 Å². The van der Waals surface area contributed by atoms with Crippen LogP contribution in [0.25, 0.3) is 5.57 Å². The molecule has 2 heterocycles. The van der Waals surface area contributed by atoms with E-state index >= 15 is 0 Å². The first-order valence-corrected chi connectivity index (χ1v) is 13.9. The Morgan fingerprint density at radius 3 is 2.21 bits per heavy atom. The second-order valence-electron chi connectivity index (χ2n) is 11.8. The van der Waals surface area contributed by atoms with E-state index in [9.17, 15) is 9.59 Å². The zero-order chi connectivity index (χ0) is 28.2. The van der Waals surface area contributed by atoms with E-state index in [1.165, 1.54) is 29.4 Å². The van der Waals surface area contributed by atoms with E-state index in [1.807, 2.05) is 45.0 Å². The maximum atomic E-state index is 12.5.